The van der Waals surface area contributed by atoms with Crippen LogP contribution in [0.15, 0.2) is 24.3 Å². The summed E-state index contributed by atoms with van der Waals surface area (Å²) in [6.07, 6.45) is 3.33. The number of hydrogen-bond donors (Lipinski definition) is 0. The van der Waals surface area contributed by atoms with Crippen LogP contribution in [-0.2, 0) is 9.47 Å². The molecule has 0 aliphatic carbocycles. The van der Waals surface area contributed by atoms with Gasteiger partial charge in [0.1, 0.15) is 6.61 Å². The molecule has 0 N–H and O–H groups in total. The van der Waals surface area contributed by atoms with Gasteiger partial charge in [-0.15, -0.1) is 0 Å². The number of halogens is 1. The van der Waals surface area contributed by atoms with Gasteiger partial charge in [0.25, 0.3) is 0 Å². The molecule has 0 amide bonds. The highest BCUT2D eigenvalue weighted by Crippen LogP contribution is 2.15. The second-order valence-corrected chi connectivity index (χ2v) is 5.23. The molecule has 92 valence electrons. The van der Waals surface area contributed by atoms with E-state index < -0.39 is 0 Å². The van der Waals surface area contributed by atoms with Crippen LogP contribution in [0.4, 0.5) is 0 Å². The van der Waals surface area contributed by atoms with E-state index in [0.717, 1.165) is 29.4 Å². The van der Waals surface area contributed by atoms with Gasteiger partial charge >= 0.3 is 5.97 Å². The third kappa shape index (κ3) is 3.67. The summed E-state index contributed by atoms with van der Waals surface area (Å²) in [6, 6.07) is 7.43. The van der Waals surface area contributed by atoms with E-state index in [9.17, 15) is 4.79 Å². The van der Waals surface area contributed by atoms with Crippen molar-refractivity contribution in [1.82, 2.24) is 0 Å². The number of ether oxygens (including phenoxy) is 2. The largest absolute Gasteiger partial charge is 0.459 e. The molecule has 17 heavy (non-hydrogen) atoms. The van der Waals surface area contributed by atoms with Crippen molar-refractivity contribution in [3.05, 3.63) is 33.4 Å². The Hall–Kier alpha value is -0.620. The van der Waals surface area contributed by atoms with Gasteiger partial charge in [-0.05, 0) is 54.0 Å². The first-order valence-corrected chi connectivity index (χ1v) is 6.88. The highest BCUT2D eigenvalue weighted by Gasteiger charge is 2.17. The lowest BCUT2D eigenvalue weighted by atomic mass is 10.1. The summed E-state index contributed by atoms with van der Waals surface area (Å²) in [6.45, 7) is 1.15. The first kappa shape index (κ1) is 12.8. The molecule has 3 nitrogen and oxygen atoms in total. The Morgan fingerprint density at radius 2 is 2.24 bits per heavy atom. The zero-order valence-corrected chi connectivity index (χ0v) is 11.7. The molecule has 0 radical (unpaired) electrons. The van der Waals surface area contributed by atoms with Gasteiger partial charge in [-0.1, -0.05) is 12.1 Å². The summed E-state index contributed by atoms with van der Waals surface area (Å²) in [5, 5.41) is 0. The predicted octanol–water partition coefficient (Wildman–Crippen LogP) is 3.02. The summed E-state index contributed by atoms with van der Waals surface area (Å²) in [5.41, 5.74) is 0.629. The molecule has 1 aromatic carbocycles. The molecule has 1 aliphatic rings. The Labute approximate surface area is 115 Å². The third-order valence-electron chi connectivity index (χ3n) is 2.77. The van der Waals surface area contributed by atoms with Crippen molar-refractivity contribution < 1.29 is 14.3 Å². The highest BCUT2D eigenvalue weighted by molar-refractivity contribution is 14.1. The smallest absolute Gasteiger partial charge is 0.339 e. The SMILES string of the molecule is O=C(OCC1CCCCO1)c1ccccc1I. The fraction of sp³-hybridized carbons (Fsp3) is 0.462. The fourth-order valence-corrected chi connectivity index (χ4v) is 2.42. The molecule has 0 bridgehead atoms. The maximum atomic E-state index is 11.8. The van der Waals surface area contributed by atoms with Crippen molar-refractivity contribution in [1.29, 1.82) is 0 Å². The standard InChI is InChI=1S/C13H15IO3/c14-12-7-2-1-6-11(12)13(15)17-9-10-5-3-4-8-16-10/h1-2,6-7,10H,3-5,8-9H2. The van der Waals surface area contributed by atoms with Gasteiger partial charge in [-0.3, -0.25) is 0 Å². The van der Waals surface area contributed by atoms with E-state index in [1.165, 1.54) is 0 Å². The topological polar surface area (TPSA) is 35.5 Å². The summed E-state index contributed by atoms with van der Waals surface area (Å²) in [4.78, 5) is 11.8. The summed E-state index contributed by atoms with van der Waals surface area (Å²) in [7, 11) is 0. The van der Waals surface area contributed by atoms with Crippen LogP contribution in [0.2, 0.25) is 0 Å². The van der Waals surface area contributed by atoms with E-state index in [-0.39, 0.29) is 12.1 Å². The van der Waals surface area contributed by atoms with Crippen LogP contribution in [0.3, 0.4) is 0 Å². The molecule has 0 spiro atoms. The Kier molecular flexibility index (Phi) is 4.79. The van der Waals surface area contributed by atoms with Gasteiger partial charge in [0.15, 0.2) is 0 Å². The second kappa shape index (κ2) is 6.35. The minimum Gasteiger partial charge on any atom is -0.459 e. The van der Waals surface area contributed by atoms with Crippen LogP contribution in [-0.4, -0.2) is 25.3 Å². The molecule has 1 saturated heterocycles. The van der Waals surface area contributed by atoms with Gasteiger partial charge in [0, 0.05) is 10.2 Å². The van der Waals surface area contributed by atoms with Crippen molar-refractivity contribution in [2.45, 2.75) is 25.4 Å². The molecule has 1 aliphatic heterocycles. The van der Waals surface area contributed by atoms with Crippen LogP contribution in [0.25, 0.3) is 0 Å². The van der Waals surface area contributed by atoms with Crippen molar-refractivity contribution in [3.8, 4) is 0 Å². The second-order valence-electron chi connectivity index (χ2n) is 4.07. The molecule has 1 heterocycles. The number of carbonyl (C=O) groups is 1. The molecule has 0 saturated carbocycles. The molecule has 2 rings (SSSR count). The predicted molar refractivity (Wildman–Crippen MR) is 73.0 cm³/mol. The number of hydrogen-bond acceptors (Lipinski definition) is 3. The average molecular weight is 346 g/mol. The van der Waals surface area contributed by atoms with Crippen LogP contribution in [0.1, 0.15) is 29.6 Å². The van der Waals surface area contributed by atoms with E-state index in [1.54, 1.807) is 6.07 Å². The van der Waals surface area contributed by atoms with Gasteiger partial charge in [-0.2, -0.15) is 0 Å². The summed E-state index contributed by atoms with van der Waals surface area (Å²) < 4.78 is 11.7. The molecule has 0 aromatic heterocycles. The number of carbonyl (C=O) groups excluding carboxylic acids is 1. The molecule has 4 heteroatoms. The van der Waals surface area contributed by atoms with Gasteiger partial charge in [-0.25, -0.2) is 4.79 Å². The van der Waals surface area contributed by atoms with E-state index in [1.807, 2.05) is 18.2 Å². The van der Waals surface area contributed by atoms with E-state index in [4.69, 9.17) is 9.47 Å². The maximum absolute atomic E-state index is 11.8. The molecule has 1 fully saturated rings. The lowest BCUT2D eigenvalue weighted by Gasteiger charge is -2.22. The number of esters is 1. The lowest BCUT2D eigenvalue weighted by molar-refractivity contribution is -0.0300. The minimum absolute atomic E-state index is 0.0778. The fourth-order valence-electron chi connectivity index (χ4n) is 1.81. The molecular weight excluding hydrogens is 331 g/mol. The Morgan fingerprint density at radius 1 is 1.41 bits per heavy atom. The van der Waals surface area contributed by atoms with Crippen molar-refractivity contribution >= 4 is 28.6 Å². The maximum Gasteiger partial charge on any atom is 0.339 e. The Balaban J connectivity index is 1.87. The summed E-state index contributed by atoms with van der Waals surface area (Å²) in [5.74, 6) is -0.260. The first-order chi connectivity index (χ1) is 8.27. The monoisotopic (exact) mass is 346 g/mol. The van der Waals surface area contributed by atoms with E-state index in [2.05, 4.69) is 22.6 Å². The minimum atomic E-state index is -0.260. The zero-order valence-electron chi connectivity index (χ0n) is 9.52. The van der Waals surface area contributed by atoms with Crippen LogP contribution < -0.4 is 0 Å². The van der Waals surface area contributed by atoms with Gasteiger partial charge in [0.2, 0.25) is 0 Å². The number of rotatable bonds is 3. The Bertz CT molecular complexity index is 386. The molecular formula is C13H15IO3. The lowest BCUT2D eigenvalue weighted by Crippen LogP contribution is -2.26. The molecule has 1 unspecified atom stereocenters. The van der Waals surface area contributed by atoms with Gasteiger partial charge < -0.3 is 9.47 Å². The highest BCUT2D eigenvalue weighted by atomic mass is 127. The van der Waals surface area contributed by atoms with Crippen LogP contribution >= 0.6 is 22.6 Å². The molecule has 1 atom stereocenters. The first-order valence-electron chi connectivity index (χ1n) is 5.80. The van der Waals surface area contributed by atoms with E-state index in [0.29, 0.717) is 12.2 Å². The van der Waals surface area contributed by atoms with Crippen molar-refractivity contribution in [3.63, 3.8) is 0 Å². The van der Waals surface area contributed by atoms with E-state index >= 15 is 0 Å². The van der Waals surface area contributed by atoms with Gasteiger partial charge in [0.05, 0.1) is 11.7 Å². The Morgan fingerprint density at radius 3 is 2.94 bits per heavy atom. The van der Waals surface area contributed by atoms with Crippen molar-refractivity contribution in [2.75, 3.05) is 13.2 Å². The zero-order chi connectivity index (χ0) is 12.1. The van der Waals surface area contributed by atoms with Crippen LogP contribution in [0.5, 0.6) is 0 Å². The quantitative estimate of drug-likeness (QED) is 0.624. The summed E-state index contributed by atoms with van der Waals surface area (Å²) >= 11 is 2.14. The van der Waals surface area contributed by atoms with Crippen molar-refractivity contribution in [2.24, 2.45) is 0 Å². The third-order valence-corrected chi connectivity index (χ3v) is 3.71. The molecule has 1 aromatic rings. The normalized spacial score (nSPS) is 19.9. The average Bonchev–Trinajstić information content (AvgIpc) is 2.38. The number of benzene rings is 1. The van der Waals surface area contributed by atoms with Crippen LogP contribution in [0, 0.1) is 3.57 Å².